The molecule has 5 rings (SSSR count). The first kappa shape index (κ1) is 24.9. The molecule has 0 saturated heterocycles. The summed E-state index contributed by atoms with van der Waals surface area (Å²) < 4.78 is 20.4. The molecule has 0 aliphatic heterocycles. The number of halogens is 1. The zero-order chi connectivity index (χ0) is 26.2. The lowest BCUT2D eigenvalue weighted by atomic mass is 9.93. The average molecular weight is 507 g/mol. The Balaban J connectivity index is 1.33. The Kier molecular flexibility index (Phi) is 6.68. The predicted octanol–water partition coefficient (Wildman–Crippen LogP) is 4.69. The highest BCUT2D eigenvalue weighted by Gasteiger charge is 2.23. The largest absolute Gasteiger partial charge is 0.393 e. The number of hydrogen-bond acceptors (Lipinski definition) is 7. The van der Waals surface area contributed by atoms with E-state index >= 15 is 4.39 Å². The molecule has 1 saturated carbocycles. The van der Waals surface area contributed by atoms with E-state index in [-0.39, 0.29) is 29.8 Å². The van der Waals surface area contributed by atoms with Crippen molar-refractivity contribution in [2.24, 2.45) is 0 Å². The number of benzene rings is 1. The van der Waals surface area contributed by atoms with E-state index in [1.807, 2.05) is 32.9 Å². The molecule has 1 amide bonds. The van der Waals surface area contributed by atoms with Crippen molar-refractivity contribution in [1.29, 1.82) is 0 Å². The van der Waals surface area contributed by atoms with E-state index in [1.165, 1.54) is 6.07 Å². The molecule has 0 spiro atoms. The molecule has 4 N–H and O–H groups in total. The fraction of sp³-hybridized carbons (Fsp3) is 0.407. The molecular weight excluding hydrogens is 475 g/mol. The second-order valence-corrected chi connectivity index (χ2v) is 10.6. The van der Waals surface area contributed by atoms with Crippen LogP contribution in [0.5, 0.6) is 0 Å². The van der Waals surface area contributed by atoms with Crippen LogP contribution < -0.4 is 10.6 Å². The number of nitrogens with zero attached hydrogens (tertiary/aromatic N) is 3. The van der Waals surface area contributed by atoms with Gasteiger partial charge in [-0.05, 0) is 48.9 Å². The molecule has 9 nitrogen and oxygen atoms in total. The van der Waals surface area contributed by atoms with Gasteiger partial charge in [0.1, 0.15) is 11.6 Å². The minimum Gasteiger partial charge on any atom is -0.393 e. The van der Waals surface area contributed by atoms with Gasteiger partial charge in [-0.25, -0.2) is 9.37 Å². The van der Waals surface area contributed by atoms with Crippen LogP contribution in [0, 0.1) is 5.82 Å². The topological polar surface area (TPSA) is 129 Å². The van der Waals surface area contributed by atoms with Crippen LogP contribution in [0.25, 0.3) is 22.2 Å². The van der Waals surface area contributed by atoms with Gasteiger partial charge in [0.2, 0.25) is 0 Å². The van der Waals surface area contributed by atoms with Crippen molar-refractivity contribution < 1.29 is 18.8 Å². The van der Waals surface area contributed by atoms with Crippen LogP contribution in [0.4, 0.5) is 10.2 Å². The minimum atomic E-state index is -0.433. The number of H-pyrrole nitrogens is 1. The SMILES string of the molecule is CC(C)(C)c1cc(C(=O)NCc2ccc(-c3ccnc4[nH]nc(NC5CCC(O)CC5)c34)cc2F)no1. The summed E-state index contributed by atoms with van der Waals surface area (Å²) in [6.45, 7) is 5.91. The van der Waals surface area contributed by atoms with Crippen molar-refractivity contribution in [3.63, 3.8) is 0 Å². The highest BCUT2D eigenvalue weighted by molar-refractivity contribution is 6.00. The molecule has 0 unspecified atom stereocenters. The maximum absolute atomic E-state index is 15.1. The number of aromatic amines is 1. The average Bonchev–Trinajstić information content (AvgIpc) is 3.53. The van der Waals surface area contributed by atoms with Crippen LogP contribution >= 0.6 is 0 Å². The number of aromatic nitrogens is 4. The van der Waals surface area contributed by atoms with Gasteiger partial charge in [0.15, 0.2) is 17.2 Å². The first-order chi connectivity index (χ1) is 17.7. The third kappa shape index (κ3) is 5.34. The van der Waals surface area contributed by atoms with E-state index in [4.69, 9.17) is 4.52 Å². The highest BCUT2D eigenvalue weighted by atomic mass is 19.1. The van der Waals surface area contributed by atoms with Gasteiger partial charge in [-0.2, -0.15) is 5.10 Å². The number of hydrogen-bond donors (Lipinski definition) is 4. The molecule has 1 fully saturated rings. The van der Waals surface area contributed by atoms with E-state index in [1.54, 1.807) is 18.3 Å². The van der Waals surface area contributed by atoms with Crippen LogP contribution in [0.1, 0.15) is 68.3 Å². The van der Waals surface area contributed by atoms with Gasteiger partial charge in [0, 0.05) is 35.8 Å². The Bertz CT molecular complexity index is 1420. The van der Waals surface area contributed by atoms with Crippen molar-refractivity contribution in [3.05, 3.63) is 59.4 Å². The lowest BCUT2D eigenvalue weighted by Gasteiger charge is -2.26. The standard InChI is InChI=1S/C27H31FN6O3/c1-27(2,3)22-13-21(34-37-22)26(36)30-14-16-5-4-15(12-20(16)28)19-10-11-29-24-23(19)25(33-32-24)31-17-6-8-18(35)9-7-17/h4-5,10-13,17-18,35H,6-9,14H2,1-3H3,(H,30,36)(H2,29,31,32,33). The minimum absolute atomic E-state index is 0.0143. The summed E-state index contributed by atoms with van der Waals surface area (Å²) in [7, 11) is 0. The van der Waals surface area contributed by atoms with Crippen molar-refractivity contribution in [2.75, 3.05) is 5.32 Å². The number of carbonyl (C=O) groups excluding carboxylic acids is 1. The third-order valence-corrected chi connectivity index (χ3v) is 6.78. The molecule has 1 aliphatic carbocycles. The molecule has 0 bridgehead atoms. The fourth-order valence-electron chi connectivity index (χ4n) is 4.57. The summed E-state index contributed by atoms with van der Waals surface area (Å²) in [4.78, 5) is 16.9. The summed E-state index contributed by atoms with van der Waals surface area (Å²) in [6.07, 6.45) is 4.63. The Hall–Kier alpha value is -3.79. The Morgan fingerprint density at radius 3 is 2.68 bits per heavy atom. The number of pyridine rings is 1. The van der Waals surface area contributed by atoms with Crippen molar-refractivity contribution in [2.45, 2.75) is 70.6 Å². The summed E-state index contributed by atoms with van der Waals surface area (Å²) in [5.41, 5.74) is 2.32. The number of amides is 1. The highest BCUT2D eigenvalue weighted by Crippen LogP contribution is 2.34. The summed E-state index contributed by atoms with van der Waals surface area (Å²) in [5, 5.41) is 28.0. The van der Waals surface area contributed by atoms with Gasteiger partial charge in [-0.15, -0.1) is 0 Å². The number of fused-ring (bicyclic) bond motifs is 1. The van der Waals surface area contributed by atoms with E-state index in [0.29, 0.717) is 28.4 Å². The zero-order valence-corrected chi connectivity index (χ0v) is 21.1. The van der Waals surface area contributed by atoms with E-state index in [9.17, 15) is 9.90 Å². The second kappa shape index (κ2) is 9.93. The van der Waals surface area contributed by atoms with Crippen molar-refractivity contribution in [3.8, 4) is 11.1 Å². The molecule has 194 valence electrons. The molecule has 3 aromatic heterocycles. The van der Waals surface area contributed by atoms with Crippen LogP contribution in [0.3, 0.4) is 0 Å². The summed E-state index contributed by atoms with van der Waals surface area (Å²) in [5.74, 6) is 0.407. The van der Waals surface area contributed by atoms with Gasteiger partial charge in [-0.3, -0.25) is 9.89 Å². The fourth-order valence-corrected chi connectivity index (χ4v) is 4.57. The monoisotopic (exact) mass is 506 g/mol. The lowest BCUT2D eigenvalue weighted by Crippen LogP contribution is -2.28. The molecule has 10 heteroatoms. The van der Waals surface area contributed by atoms with Gasteiger partial charge in [0.25, 0.3) is 5.91 Å². The third-order valence-electron chi connectivity index (χ3n) is 6.78. The van der Waals surface area contributed by atoms with Gasteiger partial charge in [0.05, 0.1) is 11.5 Å². The molecule has 0 atom stereocenters. The zero-order valence-electron chi connectivity index (χ0n) is 21.1. The van der Waals surface area contributed by atoms with E-state index in [2.05, 4.69) is 31.0 Å². The van der Waals surface area contributed by atoms with Crippen LogP contribution in [0.2, 0.25) is 0 Å². The van der Waals surface area contributed by atoms with E-state index in [0.717, 1.165) is 36.6 Å². The van der Waals surface area contributed by atoms with Gasteiger partial charge < -0.3 is 20.3 Å². The predicted molar refractivity (Wildman–Crippen MR) is 138 cm³/mol. The quantitative estimate of drug-likeness (QED) is 0.298. The van der Waals surface area contributed by atoms with Gasteiger partial charge >= 0.3 is 0 Å². The van der Waals surface area contributed by atoms with Crippen molar-refractivity contribution in [1.82, 2.24) is 25.7 Å². The second-order valence-electron chi connectivity index (χ2n) is 10.6. The van der Waals surface area contributed by atoms with Crippen molar-refractivity contribution >= 4 is 22.8 Å². The number of rotatable bonds is 6. The Morgan fingerprint density at radius 1 is 1.19 bits per heavy atom. The first-order valence-corrected chi connectivity index (χ1v) is 12.5. The van der Waals surface area contributed by atoms with Gasteiger partial charge in [-0.1, -0.05) is 38.1 Å². The maximum Gasteiger partial charge on any atom is 0.273 e. The van der Waals surface area contributed by atoms with Crippen LogP contribution in [0.15, 0.2) is 41.1 Å². The molecule has 4 aromatic rings. The lowest BCUT2D eigenvalue weighted by molar-refractivity contribution is 0.0941. The molecule has 1 aliphatic rings. The maximum atomic E-state index is 15.1. The number of nitrogens with one attached hydrogen (secondary N) is 3. The smallest absolute Gasteiger partial charge is 0.273 e. The molecule has 0 radical (unpaired) electrons. The van der Waals surface area contributed by atoms with Crippen LogP contribution in [-0.4, -0.2) is 43.5 Å². The number of aliphatic hydroxyl groups excluding tert-OH is 1. The molecular formula is C27H31FN6O3. The van der Waals surface area contributed by atoms with Crippen LogP contribution in [-0.2, 0) is 12.0 Å². The molecule has 1 aromatic carbocycles. The summed E-state index contributed by atoms with van der Waals surface area (Å²) >= 11 is 0. The number of anilines is 1. The number of carbonyl (C=O) groups is 1. The first-order valence-electron chi connectivity index (χ1n) is 12.5. The molecule has 3 heterocycles. The normalized spacial score (nSPS) is 18.2. The number of aliphatic hydroxyl groups is 1. The van der Waals surface area contributed by atoms with E-state index < -0.39 is 11.7 Å². The molecule has 37 heavy (non-hydrogen) atoms. The Labute approximate surface area is 213 Å². The summed E-state index contributed by atoms with van der Waals surface area (Å²) in [6, 6.07) is 8.58. The Morgan fingerprint density at radius 2 is 1.97 bits per heavy atom.